The summed E-state index contributed by atoms with van der Waals surface area (Å²) in [5.74, 6) is 2.29. The second kappa shape index (κ2) is 8.80. The first-order valence-electron chi connectivity index (χ1n) is 10.8. The number of likely N-dealkylation sites (N-methyl/N-ethyl adjacent to an activating group) is 1. The van der Waals surface area contributed by atoms with Crippen LogP contribution in [0.15, 0.2) is 36.9 Å². The van der Waals surface area contributed by atoms with Crippen LogP contribution in [0, 0.1) is 24.7 Å². The highest BCUT2D eigenvalue weighted by molar-refractivity contribution is 6.59. The zero-order valence-corrected chi connectivity index (χ0v) is 19.5. The molecule has 153 valence electrons. The molecule has 4 atom stereocenters. The number of allylic oxidation sites excluding steroid dienone is 1. The van der Waals surface area contributed by atoms with Crippen molar-refractivity contribution in [2.45, 2.75) is 72.8 Å². The minimum Gasteiger partial charge on any atom is -0.381 e. The van der Waals surface area contributed by atoms with Gasteiger partial charge in [-0.2, -0.15) is 0 Å². The lowest BCUT2D eigenvalue weighted by molar-refractivity contribution is 0.281. The monoisotopic (exact) mass is 379 g/mol. The smallest absolute Gasteiger partial charge is 0.164 e. The molecule has 1 N–H and O–H groups in total. The van der Waals surface area contributed by atoms with Crippen molar-refractivity contribution in [1.82, 2.24) is 0 Å². The van der Waals surface area contributed by atoms with Gasteiger partial charge in [0, 0.05) is 29.9 Å². The molecule has 3 unspecified atom stereocenters. The molecule has 0 amide bonds. The SMILES string of the molecule is C=CC(C)[B]c1c(NC(C)(C)C)cc(C)cc1N(C)C1C=C[C@H]1C(C)C(C)C. The molecule has 2 nitrogen and oxygen atoms in total. The maximum absolute atomic E-state index is 3.99. The normalized spacial score (nSPS) is 21.1. The first-order chi connectivity index (χ1) is 12.9. The Hall–Kier alpha value is -1.64. The quantitative estimate of drug-likeness (QED) is 0.453. The standard InChI is InChI=1S/C25H40BN2/c1-11-18(5)26-24-21(27-25(7,8)9)14-17(4)15-23(24)28(10)22-13-12-20(22)19(6)16(2)3/h11-16,18-20,22,27H,1H2,2-10H3/t18?,19?,20-,22?/m0/s1. The van der Waals surface area contributed by atoms with E-state index in [-0.39, 0.29) is 5.54 Å². The summed E-state index contributed by atoms with van der Waals surface area (Å²) >= 11 is 0. The fourth-order valence-electron chi connectivity index (χ4n) is 3.90. The van der Waals surface area contributed by atoms with Crippen LogP contribution < -0.4 is 15.7 Å². The lowest BCUT2D eigenvalue weighted by atomic mass is 9.58. The maximum Gasteiger partial charge on any atom is 0.164 e. The minimum atomic E-state index is 0.00864. The highest BCUT2D eigenvalue weighted by atomic mass is 15.1. The number of benzene rings is 1. The summed E-state index contributed by atoms with van der Waals surface area (Å²) in [7, 11) is 4.59. The number of anilines is 2. The Bertz CT molecular complexity index is 714. The van der Waals surface area contributed by atoms with Gasteiger partial charge >= 0.3 is 0 Å². The Morgan fingerprint density at radius 2 is 1.79 bits per heavy atom. The maximum atomic E-state index is 3.99. The highest BCUT2D eigenvalue weighted by Gasteiger charge is 2.34. The van der Waals surface area contributed by atoms with E-state index in [1.165, 1.54) is 22.4 Å². The van der Waals surface area contributed by atoms with Crippen LogP contribution >= 0.6 is 0 Å². The first-order valence-corrected chi connectivity index (χ1v) is 10.8. The fourth-order valence-corrected chi connectivity index (χ4v) is 3.90. The molecule has 3 heteroatoms. The Labute approximate surface area is 174 Å². The number of aryl methyl sites for hydroxylation is 1. The van der Waals surface area contributed by atoms with E-state index in [9.17, 15) is 0 Å². The van der Waals surface area contributed by atoms with Crippen molar-refractivity contribution < 1.29 is 0 Å². The van der Waals surface area contributed by atoms with Gasteiger partial charge < -0.3 is 10.2 Å². The third-order valence-electron chi connectivity index (χ3n) is 6.02. The lowest BCUT2D eigenvalue weighted by Crippen LogP contribution is -2.47. The van der Waals surface area contributed by atoms with E-state index in [4.69, 9.17) is 0 Å². The molecule has 1 aliphatic carbocycles. The van der Waals surface area contributed by atoms with Gasteiger partial charge in [-0.3, -0.25) is 0 Å². The number of nitrogens with one attached hydrogen (secondary N) is 1. The third-order valence-corrected chi connectivity index (χ3v) is 6.02. The van der Waals surface area contributed by atoms with Crippen LogP contribution in [0.25, 0.3) is 0 Å². The van der Waals surface area contributed by atoms with Crippen molar-refractivity contribution in [2.75, 3.05) is 17.3 Å². The molecule has 28 heavy (non-hydrogen) atoms. The second-order valence-electron chi connectivity index (χ2n) is 10.0. The van der Waals surface area contributed by atoms with Crippen molar-refractivity contribution in [1.29, 1.82) is 0 Å². The van der Waals surface area contributed by atoms with Crippen LogP contribution in [0.5, 0.6) is 0 Å². The van der Waals surface area contributed by atoms with Gasteiger partial charge in [0.15, 0.2) is 7.28 Å². The predicted molar refractivity (Wildman–Crippen MR) is 128 cm³/mol. The molecule has 0 spiro atoms. The Morgan fingerprint density at radius 1 is 1.14 bits per heavy atom. The molecule has 1 aliphatic rings. The zero-order chi connectivity index (χ0) is 21.2. The van der Waals surface area contributed by atoms with Crippen LogP contribution in [0.2, 0.25) is 5.82 Å². The van der Waals surface area contributed by atoms with Crippen LogP contribution in [-0.2, 0) is 0 Å². The Kier molecular flexibility index (Phi) is 7.12. The van der Waals surface area contributed by atoms with Gasteiger partial charge in [-0.15, -0.1) is 6.58 Å². The largest absolute Gasteiger partial charge is 0.381 e. The number of hydrogen-bond acceptors (Lipinski definition) is 2. The molecular formula is C25H40BN2. The van der Waals surface area contributed by atoms with Crippen molar-refractivity contribution in [3.05, 3.63) is 42.5 Å². The summed E-state index contributed by atoms with van der Waals surface area (Å²) < 4.78 is 0. The molecule has 0 fully saturated rings. The lowest BCUT2D eigenvalue weighted by Gasteiger charge is -2.43. The second-order valence-corrected chi connectivity index (χ2v) is 10.0. The van der Waals surface area contributed by atoms with Crippen LogP contribution in [-0.4, -0.2) is 25.9 Å². The molecule has 0 aliphatic heterocycles. The highest BCUT2D eigenvalue weighted by Crippen LogP contribution is 2.36. The average molecular weight is 379 g/mol. The summed E-state index contributed by atoms with van der Waals surface area (Å²) in [6.07, 6.45) is 6.77. The molecule has 0 aromatic heterocycles. The van der Waals surface area contributed by atoms with Gasteiger partial charge in [0.05, 0.1) is 6.04 Å². The summed E-state index contributed by atoms with van der Waals surface area (Å²) in [6, 6.07) is 5.06. The molecule has 0 heterocycles. The first kappa shape index (κ1) is 22.7. The average Bonchev–Trinajstić information content (AvgIpc) is 2.53. The molecule has 0 bridgehead atoms. The fraction of sp³-hybridized carbons (Fsp3) is 0.600. The van der Waals surface area contributed by atoms with Gasteiger partial charge in [-0.05, 0) is 68.5 Å². The van der Waals surface area contributed by atoms with E-state index in [1.807, 2.05) is 6.08 Å². The molecular weight excluding hydrogens is 339 g/mol. The number of hydrogen-bond donors (Lipinski definition) is 1. The molecule has 1 radical (unpaired) electrons. The summed E-state index contributed by atoms with van der Waals surface area (Å²) in [4.78, 5) is 2.48. The van der Waals surface area contributed by atoms with E-state index in [0.29, 0.717) is 29.6 Å². The summed E-state index contributed by atoms with van der Waals surface area (Å²) in [5.41, 5.74) is 5.09. The van der Waals surface area contributed by atoms with Crippen LogP contribution in [0.3, 0.4) is 0 Å². The number of rotatable bonds is 8. The predicted octanol–water partition coefficient (Wildman–Crippen LogP) is 5.81. The summed E-state index contributed by atoms with van der Waals surface area (Å²) in [5, 5.41) is 3.73. The minimum absolute atomic E-state index is 0.00864. The zero-order valence-electron chi connectivity index (χ0n) is 19.5. The van der Waals surface area contributed by atoms with E-state index < -0.39 is 0 Å². The van der Waals surface area contributed by atoms with E-state index in [2.05, 4.69) is 111 Å². The van der Waals surface area contributed by atoms with Crippen LogP contribution in [0.4, 0.5) is 11.4 Å². The van der Waals surface area contributed by atoms with Gasteiger partial charge in [0.2, 0.25) is 0 Å². The molecule has 0 saturated heterocycles. The Morgan fingerprint density at radius 3 is 2.25 bits per heavy atom. The van der Waals surface area contributed by atoms with E-state index in [0.717, 1.165) is 0 Å². The number of nitrogens with zero attached hydrogens (tertiary/aromatic N) is 1. The van der Waals surface area contributed by atoms with Crippen molar-refractivity contribution in [3.8, 4) is 0 Å². The topological polar surface area (TPSA) is 15.3 Å². The van der Waals surface area contributed by atoms with Crippen molar-refractivity contribution >= 4 is 24.1 Å². The molecule has 0 saturated carbocycles. The van der Waals surface area contributed by atoms with Gasteiger partial charge in [-0.25, -0.2) is 0 Å². The van der Waals surface area contributed by atoms with E-state index >= 15 is 0 Å². The van der Waals surface area contributed by atoms with Crippen molar-refractivity contribution in [2.24, 2.45) is 17.8 Å². The molecule has 1 aromatic rings. The molecule has 1 aromatic carbocycles. The van der Waals surface area contributed by atoms with E-state index in [1.54, 1.807) is 0 Å². The van der Waals surface area contributed by atoms with Crippen LogP contribution in [0.1, 0.15) is 54.0 Å². The van der Waals surface area contributed by atoms with Gasteiger partial charge in [0.1, 0.15) is 0 Å². The van der Waals surface area contributed by atoms with Gasteiger partial charge in [-0.1, -0.05) is 45.9 Å². The van der Waals surface area contributed by atoms with Gasteiger partial charge in [0.25, 0.3) is 0 Å². The Balaban J connectivity index is 2.46. The molecule has 2 rings (SSSR count). The third kappa shape index (κ3) is 5.24. The van der Waals surface area contributed by atoms with Crippen molar-refractivity contribution in [3.63, 3.8) is 0 Å². The summed E-state index contributed by atoms with van der Waals surface area (Å²) in [6.45, 7) is 22.1.